The SMILES string of the molecule is CNC12CCC(NC=O)(CC1)C2.O=C1CCOc2ccc(Cl)cc21.O=CCOC1CC(OC(F)(F)F)C1. The molecule has 37 heavy (non-hydrogen) atoms. The lowest BCUT2D eigenvalue weighted by Gasteiger charge is -2.34. The third kappa shape index (κ3) is 8.13. The molecule has 0 unspecified atom stereocenters. The zero-order valence-electron chi connectivity index (χ0n) is 20.6. The lowest BCUT2D eigenvalue weighted by Crippen LogP contribution is -2.40. The molecule has 2 bridgehead atoms. The van der Waals surface area contributed by atoms with Gasteiger partial charge in [0.15, 0.2) is 5.78 Å². The molecular weight excluding hydrogens is 517 g/mol. The van der Waals surface area contributed by atoms with Crippen LogP contribution in [0.3, 0.4) is 0 Å². The van der Waals surface area contributed by atoms with Crippen molar-refractivity contribution in [1.29, 1.82) is 0 Å². The molecule has 0 spiro atoms. The first-order chi connectivity index (χ1) is 17.5. The predicted molar refractivity (Wildman–Crippen MR) is 129 cm³/mol. The van der Waals surface area contributed by atoms with E-state index in [2.05, 4.69) is 15.4 Å². The number of benzene rings is 1. The topological polar surface area (TPSA) is 103 Å². The Morgan fingerprint density at radius 2 is 1.81 bits per heavy atom. The van der Waals surface area contributed by atoms with Gasteiger partial charge in [-0.25, -0.2) is 0 Å². The molecule has 3 saturated carbocycles. The molecule has 2 N–H and O–H groups in total. The van der Waals surface area contributed by atoms with E-state index in [1.165, 1.54) is 12.8 Å². The number of carbonyl (C=O) groups is 3. The molecule has 4 aliphatic rings. The van der Waals surface area contributed by atoms with Crippen molar-refractivity contribution < 1.29 is 41.8 Å². The second-order valence-corrected chi connectivity index (χ2v) is 10.1. The smallest absolute Gasteiger partial charge is 0.492 e. The summed E-state index contributed by atoms with van der Waals surface area (Å²) in [5, 5.41) is 6.96. The average molecular weight is 549 g/mol. The van der Waals surface area contributed by atoms with Crippen LogP contribution in [0.1, 0.15) is 61.7 Å². The molecular formula is C25H32ClF3N2O6. The van der Waals surface area contributed by atoms with Gasteiger partial charge < -0.3 is 24.9 Å². The fourth-order valence-electron chi connectivity index (χ4n) is 5.22. The molecule has 1 aromatic carbocycles. The van der Waals surface area contributed by atoms with Crippen molar-refractivity contribution >= 4 is 30.1 Å². The first kappa shape index (κ1) is 29.3. The number of hydrogen-bond acceptors (Lipinski definition) is 7. The summed E-state index contributed by atoms with van der Waals surface area (Å²) in [5.41, 5.74) is 1.09. The highest BCUT2D eigenvalue weighted by molar-refractivity contribution is 6.31. The first-order valence-electron chi connectivity index (χ1n) is 12.2. The molecule has 0 atom stereocenters. The molecule has 1 heterocycles. The van der Waals surface area contributed by atoms with Gasteiger partial charge in [0, 0.05) is 35.4 Å². The van der Waals surface area contributed by atoms with Gasteiger partial charge in [-0.1, -0.05) is 11.6 Å². The summed E-state index contributed by atoms with van der Waals surface area (Å²) in [4.78, 5) is 31.5. The largest absolute Gasteiger partial charge is 0.522 e. The Morgan fingerprint density at radius 3 is 2.38 bits per heavy atom. The normalized spacial score (nSPS) is 29.4. The number of rotatable bonds is 7. The fraction of sp³-hybridized carbons (Fsp3) is 0.640. The summed E-state index contributed by atoms with van der Waals surface area (Å²) in [6.07, 6.45) is 2.47. The monoisotopic (exact) mass is 548 g/mol. The Hall–Kier alpha value is -2.21. The highest BCUT2D eigenvalue weighted by atomic mass is 35.5. The Kier molecular flexibility index (Phi) is 9.96. The van der Waals surface area contributed by atoms with E-state index in [4.69, 9.17) is 21.1 Å². The average Bonchev–Trinajstić information content (AvgIpc) is 3.38. The third-order valence-corrected chi connectivity index (χ3v) is 7.55. The minimum atomic E-state index is -4.57. The van der Waals surface area contributed by atoms with Crippen LogP contribution in [0.2, 0.25) is 5.02 Å². The van der Waals surface area contributed by atoms with Crippen LogP contribution in [-0.2, 0) is 19.1 Å². The number of amides is 1. The van der Waals surface area contributed by atoms with E-state index in [-0.39, 0.29) is 36.9 Å². The van der Waals surface area contributed by atoms with Crippen molar-refractivity contribution in [1.82, 2.24) is 10.6 Å². The Balaban J connectivity index is 0.000000154. The number of nitrogens with one attached hydrogen (secondary N) is 2. The van der Waals surface area contributed by atoms with Gasteiger partial charge in [0.2, 0.25) is 6.41 Å². The van der Waals surface area contributed by atoms with Gasteiger partial charge in [0.25, 0.3) is 0 Å². The Labute approximate surface area is 218 Å². The van der Waals surface area contributed by atoms with Crippen molar-refractivity contribution in [3.05, 3.63) is 28.8 Å². The summed E-state index contributed by atoms with van der Waals surface area (Å²) >= 11 is 5.73. The van der Waals surface area contributed by atoms with Gasteiger partial charge in [-0.15, -0.1) is 13.2 Å². The van der Waals surface area contributed by atoms with Gasteiger partial charge in [-0.05, 0) is 57.4 Å². The summed E-state index contributed by atoms with van der Waals surface area (Å²) < 4.78 is 48.6. The number of hydrogen-bond donors (Lipinski definition) is 2. The molecule has 0 aromatic heterocycles. The van der Waals surface area contributed by atoms with Gasteiger partial charge in [-0.3, -0.25) is 14.3 Å². The molecule has 206 valence electrons. The molecule has 1 aliphatic heterocycles. The Bertz CT molecular complexity index is 947. The highest BCUT2D eigenvalue weighted by Crippen LogP contribution is 2.50. The lowest BCUT2D eigenvalue weighted by atomic mass is 9.91. The minimum Gasteiger partial charge on any atom is -0.492 e. The maximum atomic E-state index is 11.6. The van der Waals surface area contributed by atoms with Gasteiger partial charge in [0.1, 0.15) is 18.6 Å². The number of carbonyl (C=O) groups excluding carboxylic acids is 3. The first-order valence-corrected chi connectivity index (χ1v) is 12.6. The maximum Gasteiger partial charge on any atom is 0.522 e. The second kappa shape index (κ2) is 12.6. The summed E-state index contributed by atoms with van der Waals surface area (Å²) in [6, 6.07) is 5.10. The van der Waals surface area contributed by atoms with Crippen LogP contribution in [0.15, 0.2) is 18.2 Å². The van der Waals surface area contributed by atoms with Crippen molar-refractivity contribution in [3.8, 4) is 5.75 Å². The van der Waals surface area contributed by atoms with Gasteiger partial charge >= 0.3 is 6.36 Å². The zero-order valence-corrected chi connectivity index (χ0v) is 21.3. The number of ether oxygens (including phenoxy) is 3. The summed E-state index contributed by atoms with van der Waals surface area (Å²) in [5.74, 6) is 0.759. The van der Waals surface area contributed by atoms with E-state index in [0.29, 0.717) is 41.2 Å². The van der Waals surface area contributed by atoms with E-state index in [9.17, 15) is 27.6 Å². The zero-order chi connectivity index (χ0) is 27.1. The molecule has 3 aliphatic carbocycles. The van der Waals surface area contributed by atoms with Crippen LogP contribution >= 0.6 is 11.6 Å². The van der Waals surface area contributed by atoms with Crippen molar-refractivity contribution in [2.24, 2.45) is 0 Å². The second-order valence-electron chi connectivity index (χ2n) is 9.69. The number of halogens is 4. The van der Waals surface area contributed by atoms with Crippen molar-refractivity contribution in [2.75, 3.05) is 20.3 Å². The van der Waals surface area contributed by atoms with E-state index in [1.54, 1.807) is 18.2 Å². The number of Topliss-reactive ketones (excluding diaryl/α,β-unsaturated/α-hetero) is 1. The number of fused-ring (bicyclic) bond motifs is 3. The number of ketones is 1. The summed E-state index contributed by atoms with van der Waals surface area (Å²) in [7, 11) is 2.03. The fourth-order valence-corrected chi connectivity index (χ4v) is 5.39. The predicted octanol–water partition coefficient (Wildman–Crippen LogP) is 3.98. The van der Waals surface area contributed by atoms with Crippen LogP contribution in [0.4, 0.5) is 13.2 Å². The maximum absolute atomic E-state index is 11.6. The van der Waals surface area contributed by atoms with Crippen LogP contribution in [0.5, 0.6) is 5.75 Å². The molecule has 1 amide bonds. The van der Waals surface area contributed by atoms with E-state index in [1.807, 2.05) is 7.05 Å². The van der Waals surface area contributed by atoms with E-state index in [0.717, 1.165) is 25.7 Å². The minimum absolute atomic E-state index is 0.0661. The molecule has 8 nitrogen and oxygen atoms in total. The third-order valence-electron chi connectivity index (χ3n) is 7.32. The molecule has 5 rings (SSSR count). The number of aldehydes is 1. The molecule has 1 aromatic rings. The quantitative estimate of drug-likeness (QED) is 0.497. The van der Waals surface area contributed by atoms with Crippen LogP contribution in [0.25, 0.3) is 0 Å². The van der Waals surface area contributed by atoms with Crippen molar-refractivity contribution in [2.45, 2.75) is 81.0 Å². The standard InChI is InChI=1S/C9H7ClO2.C9H16N2O.C7H9F3O3/c10-6-1-2-9-7(5-6)8(11)3-4-12-9;1-10-8-2-4-9(6-8,5-3-8)11-7-12;8-7(9,10)13-6-3-5(4-6)12-2-1-11/h1-2,5H,3-4H2;7,10H,2-6H2,1H3,(H,11,12);1,5-6H,2-4H2. The number of alkyl halides is 3. The van der Waals surface area contributed by atoms with Gasteiger partial charge in [0.05, 0.1) is 24.4 Å². The molecule has 12 heteroatoms. The van der Waals surface area contributed by atoms with E-state index < -0.39 is 12.5 Å². The van der Waals surface area contributed by atoms with Crippen LogP contribution in [-0.4, -0.2) is 68.4 Å². The lowest BCUT2D eigenvalue weighted by molar-refractivity contribution is -0.356. The van der Waals surface area contributed by atoms with E-state index >= 15 is 0 Å². The highest BCUT2D eigenvalue weighted by Gasteiger charge is 2.53. The summed E-state index contributed by atoms with van der Waals surface area (Å²) in [6.45, 7) is 0.414. The van der Waals surface area contributed by atoms with Crippen LogP contribution < -0.4 is 15.4 Å². The van der Waals surface area contributed by atoms with Crippen LogP contribution in [0, 0.1) is 0 Å². The van der Waals surface area contributed by atoms with Crippen molar-refractivity contribution in [3.63, 3.8) is 0 Å². The molecule has 3 fully saturated rings. The molecule has 0 saturated heterocycles. The van der Waals surface area contributed by atoms with Gasteiger partial charge in [-0.2, -0.15) is 0 Å². The molecule has 0 radical (unpaired) electrons. The Morgan fingerprint density at radius 1 is 1.14 bits per heavy atom.